The lowest BCUT2D eigenvalue weighted by atomic mass is 10.1. The number of nitrogens with one attached hydrogen (secondary N) is 1. The topological polar surface area (TPSA) is 24.9 Å². The van der Waals surface area contributed by atoms with E-state index in [9.17, 15) is 13.2 Å². The van der Waals surface area contributed by atoms with Gasteiger partial charge < -0.3 is 5.32 Å². The molecule has 2 nitrogen and oxygen atoms in total. The van der Waals surface area contributed by atoms with Gasteiger partial charge in [-0.25, -0.2) is 0 Å². The SMILES string of the molecule is Cc1ccncc1CNc1cc(C(F)(F)F)ccc1Br. The average Bonchev–Trinajstić information content (AvgIpc) is 2.38. The Labute approximate surface area is 123 Å². The fraction of sp³-hybridized carbons (Fsp3) is 0.214. The molecule has 6 heteroatoms. The second-order valence-corrected chi connectivity index (χ2v) is 5.20. The maximum atomic E-state index is 12.7. The minimum absolute atomic E-state index is 0.406. The van der Waals surface area contributed by atoms with E-state index in [0.717, 1.165) is 23.3 Å². The van der Waals surface area contributed by atoms with Gasteiger partial charge in [-0.05, 0) is 58.2 Å². The quantitative estimate of drug-likeness (QED) is 0.866. The Balaban J connectivity index is 2.19. The van der Waals surface area contributed by atoms with E-state index in [0.29, 0.717) is 16.7 Å². The summed E-state index contributed by atoms with van der Waals surface area (Å²) in [6.07, 6.45) is -0.968. The van der Waals surface area contributed by atoms with Crippen molar-refractivity contribution in [3.63, 3.8) is 0 Å². The molecule has 1 aromatic carbocycles. The Morgan fingerprint density at radius 3 is 2.65 bits per heavy atom. The molecule has 2 rings (SSSR count). The first-order valence-electron chi connectivity index (χ1n) is 5.88. The van der Waals surface area contributed by atoms with Crippen LogP contribution >= 0.6 is 15.9 Å². The number of hydrogen-bond acceptors (Lipinski definition) is 2. The van der Waals surface area contributed by atoms with E-state index >= 15 is 0 Å². The number of rotatable bonds is 3. The molecule has 106 valence electrons. The van der Waals surface area contributed by atoms with E-state index in [4.69, 9.17) is 0 Å². The fourth-order valence-electron chi connectivity index (χ4n) is 1.71. The zero-order valence-electron chi connectivity index (χ0n) is 10.6. The molecule has 1 aromatic heterocycles. The van der Waals surface area contributed by atoms with Crippen LogP contribution in [0, 0.1) is 6.92 Å². The zero-order valence-corrected chi connectivity index (χ0v) is 12.2. The van der Waals surface area contributed by atoms with Crippen LogP contribution in [0.3, 0.4) is 0 Å². The molecule has 0 spiro atoms. The van der Waals surface area contributed by atoms with Crippen molar-refractivity contribution in [2.24, 2.45) is 0 Å². The maximum Gasteiger partial charge on any atom is 0.416 e. The fourth-order valence-corrected chi connectivity index (χ4v) is 2.10. The van der Waals surface area contributed by atoms with E-state index in [1.807, 2.05) is 13.0 Å². The van der Waals surface area contributed by atoms with Gasteiger partial charge in [0.25, 0.3) is 0 Å². The predicted molar refractivity (Wildman–Crippen MR) is 75.4 cm³/mol. The number of benzene rings is 1. The number of hydrogen-bond donors (Lipinski definition) is 1. The minimum Gasteiger partial charge on any atom is -0.380 e. The number of alkyl halides is 3. The van der Waals surface area contributed by atoms with Crippen molar-refractivity contribution >= 4 is 21.6 Å². The smallest absolute Gasteiger partial charge is 0.380 e. The molecule has 0 aliphatic carbocycles. The summed E-state index contributed by atoms with van der Waals surface area (Å²) in [5, 5.41) is 3.00. The molecule has 0 atom stereocenters. The summed E-state index contributed by atoms with van der Waals surface area (Å²) in [6.45, 7) is 2.35. The summed E-state index contributed by atoms with van der Waals surface area (Å²) in [5.74, 6) is 0. The Kier molecular flexibility index (Phi) is 4.32. The Bertz CT molecular complexity index is 612. The molecular weight excluding hydrogens is 333 g/mol. The van der Waals surface area contributed by atoms with Crippen LogP contribution in [0.5, 0.6) is 0 Å². The molecule has 0 saturated carbocycles. The summed E-state index contributed by atoms with van der Waals surface area (Å²) in [4.78, 5) is 4.01. The third kappa shape index (κ3) is 3.50. The summed E-state index contributed by atoms with van der Waals surface area (Å²) >= 11 is 3.24. The highest BCUT2D eigenvalue weighted by molar-refractivity contribution is 9.10. The van der Waals surface area contributed by atoms with Crippen LogP contribution in [0.4, 0.5) is 18.9 Å². The molecule has 0 amide bonds. The van der Waals surface area contributed by atoms with Gasteiger partial charge in [-0.15, -0.1) is 0 Å². The molecule has 0 unspecified atom stereocenters. The van der Waals surface area contributed by atoms with Gasteiger partial charge in [-0.2, -0.15) is 13.2 Å². The molecule has 2 aromatic rings. The van der Waals surface area contributed by atoms with Gasteiger partial charge in [0.1, 0.15) is 0 Å². The van der Waals surface area contributed by atoms with Crippen molar-refractivity contribution in [3.8, 4) is 0 Å². The lowest BCUT2D eigenvalue weighted by Gasteiger charge is -2.13. The van der Waals surface area contributed by atoms with Crippen LogP contribution in [0.15, 0.2) is 41.1 Å². The summed E-state index contributed by atoms with van der Waals surface area (Å²) < 4.78 is 38.6. The number of aromatic nitrogens is 1. The zero-order chi connectivity index (χ0) is 14.8. The number of pyridine rings is 1. The summed E-state index contributed by atoms with van der Waals surface area (Å²) in [7, 11) is 0. The van der Waals surface area contributed by atoms with E-state index in [-0.39, 0.29) is 0 Å². The van der Waals surface area contributed by atoms with E-state index < -0.39 is 11.7 Å². The van der Waals surface area contributed by atoms with E-state index in [1.165, 1.54) is 6.07 Å². The van der Waals surface area contributed by atoms with Crippen molar-refractivity contribution in [1.82, 2.24) is 4.98 Å². The van der Waals surface area contributed by atoms with Gasteiger partial charge in [0, 0.05) is 29.1 Å². The molecule has 0 saturated heterocycles. The van der Waals surface area contributed by atoms with Crippen molar-refractivity contribution in [1.29, 1.82) is 0 Å². The molecule has 0 aliphatic rings. The van der Waals surface area contributed by atoms with E-state index in [2.05, 4.69) is 26.2 Å². The van der Waals surface area contributed by atoms with E-state index in [1.54, 1.807) is 12.4 Å². The lowest BCUT2D eigenvalue weighted by Crippen LogP contribution is -2.07. The summed E-state index contributed by atoms with van der Waals surface area (Å²) in [6, 6.07) is 5.39. The molecule has 1 heterocycles. The number of halogens is 4. The number of nitrogens with zero attached hydrogens (tertiary/aromatic N) is 1. The maximum absolute atomic E-state index is 12.7. The standard InChI is InChI=1S/C14H12BrF3N2/c1-9-4-5-19-7-10(9)8-20-13-6-11(14(16,17)18)2-3-12(13)15/h2-7,20H,8H2,1H3. The van der Waals surface area contributed by atoms with Crippen molar-refractivity contribution in [2.75, 3.05) is 5.32 Å². The first-order valence-corrected chi connectivity index (χ1v) is 6.67. The molecule has 0 aliphatic heterocycles. The van der Waals surface area contributed by atoms with Crippen LogP contribution < -0.4 is 5.32 Å². The average molecular weight is 345 g/mol. The van der Waals surface area contributed by atoms with Gasteiger partial charge in [-0.3, -0.25) is 4.98 Å². The highest BCUT2D eigenvalue weighted by Crippen LogP contribution is 2.34. The lowest BCUT2D eigenvalue weighted by molar-refractivity contribution is -0.137. The van der Waals surface area contributed by atoms with Crippen molar-refractivity contribution < 1.29 is 13.2 Å². The van der Waals surface area contributed by atoms with Gasteiger partial charge in [0.15, 0.2) is 0 Å². The second kappa shape index (κ2) is 5.83. The highest BCUT2D eigenvalue weighted by Gasteiger charge is 2.30. The van der Waals surface area contributed by atoms with Crippen LogP contribution in [0.1, 0.15) is 16.7 Å². The predicted octanol–water partition coefficient (Wildman–Crippen LogP) is 4.78. The number of anilines is 1. The van der Waals surface area contributed by atoms with Gasteiger partial charge in [-0.1, -0.05) is 0 Å². The van der Waals surface area contributed by atoms with Crippen LogP contribution in [0.2, 0.25) is 0 Å². The second-order valence-electron chi connectivity index (χ2n) is 4.35. The molecule has 1 N–H and O–H groups in total. The molecular formula is C14H12BrF3N2. The van der Waals surface area contributed by atoms with Crippen LogP contribution in [-0.2, 0) is 12.7 Å². The molecule has 20 heavy (non-hydrogen) atoms. The number of aryl methyl sites for hydroxylation is 1. The molecule has 0 bridgehead atoms. The normalized spacial score (nSPS) is 11.4. The Morgan fingerprint density at radius 2 is 2.00 bits per heavy atom. The van der Waals surface area contributed by atoms with Crippen molar-refractivity contribution in [2.45, 2.75) is 19.6 Å². The van der Waals surface area contributed by atoms with Crippen molar-refractivity contribution in [3.05, 3.63) is 57.8 Å². The molecule has 0 radical (unpaired) electrons. The van der Waals surface area contributed by atoms with Crippen LogP contribution in [0.25, 0.3) is 0 Å². The minimum atomic E-state index is -4.35. The third-order valence-electron chi connectivity index (χ3n) is 2.91. The highest BCUT2D eigenvalue weighted by atomic mass is 79.9. The van der Waals surface area contributed by atoms with Crippen LogP contribution in [-0.4, -0.2) is 4.98 Å². The summed E-state index contributed by atoms with van der Waals surface area (Å²) in [5.41, 5.74) is 1.71. The monoisotopic (exact) mass is 344 g/mol. The third-order valence-corrected chi connectivity index (χ3v) is 3.60. The van der Waals surface area contributed by atoms with Gasteiger partial charge in [0.2, 0.25) is 0 Å². The molecule has 0 fully saturated rings. The first kappa shape index (κ1) is 14.8. The van der Waals surface area contributed by atoms with Gasteiger partial charge in [0.05, 0.1) is 5.56 Å². The van der Waals surface area contributed by atoms with Gasteiger partial charge >= 0.3 is 6.18 Å². The Hall–Kier alpha value is -1.56. The first-order chi connectivity index (χ1) is 9.38. The largest absolute Gasteiger partial charge is 0.416 e. The Morgan fingerprint density at radius 1 is 1.25 bits per heavy atom.